The Hall–Kier alpha value is -0.400. The second-order valence-corrected chi connectivity index (χ2v) is 23.0. The van der Waals surface area contributed by atoms with Crippen molar-refractivity contribution in [1.29, 1.82) is 0 Å². The molecule has 7 heterocycles. The zero-order valence-corrected chi connectivity index (χ0v) is 41.6. The normalized spacial score (nSPS) is 26.6. The number of piperidine rings is 4. The molecule has 7 aliphatic heterocycles. The Bertz CT molecular complexity index is 1050. The highest BCUT2D eigenvalue weighted by atomic mass is 16.5. The molecule has 0 atom stereocenters. The van der Waals surface area contributed by atoms with Crippen molar-refractivity contribution in [3.05, 3.63) is 0 Å². The molecule has 0 radical (unpaired) electrons. The van der Waals surface area contributed by atoms with Gasteiger partial charge in [-0.2, -0.15) is 0 Å². The first-order valence-electron chi connectivity index (χ1n) is 24.8. The molecular weight excluding hydrogens is 733 g/mol. The van der Waals surface area contributed by atoms with E-state index in [1.807, 2.05) is 0 Å². The van der Waals surface area contributed by atoms with Crippen LogP contribution in [0.2, 0.25) is 0 Å². The number of likely N-dealkylation sites (N-methyl/N-ethyl adjacent to an activating group) is 1. The SMILES string of the molecule is CC(C)(C)N1CCC(N2CCCCC2)CC1.CC(C)(C)N1CCC(N2CCOCC2)CC1.CC(C)(C)N1CCOCC1.CN1CCN(C2CCN(C(C)(C)C)CC2)CC1. The molecule has 0 aromatic heterocycles. The van der Waals surface area contributed by atoms with Crippen LogP contribution in [0.25, 0.3) is 0 Å². The van der Waals surface area contributed by atoms with Crippen LogP contribution in [-0.2, 0) is 9.47 Å². The van der Waals surface area contributed by atoms with Crippen molar-refractivity contribution < 1.29 is 9.47 Å². The van der Waals surface area contributed by atoms with Crippen molar-refractivity contribution in [2.24, 2.45) is 0 Å². The van der Waals surface area contributed by atoms with Crippen LogP contribution in [0.4, 0.5) is 0 Å². The average Bonchev–Trinajstić information content (AvgIpc) is 3.22. The van der Waals surface area contributed by atoms with Gasteiger partial charge in [0.1, 0.15) is 0 Å². The molecule has 0 amide bonds. The number of rotatable bonds is 3. The van der Waals surface area contributed by atoms with E-state index in [1.165, 1.54) is 136 Å². The summed E-state index contributed by atoms with van der Waals surface area (Å²) in [6, 6.07) is 2.55. The molecule has 0 saturated carbocycles. The molecule has 0 unspecified atom stereocenters. The van der Waals surface area contributed by atoms with E-state index in [1.54, 1.807) is 0 Å². The second-order valence-electron chi connectivity index (χ2n) is 23.0. The van der Waals surface area contributed by atoms with Crippen LogP contribution in [0, 0.1) is 0 Å². The van der Waals surface area contributed by atoms with Crippen LogP contribution >= 0.6 is 0 Å². The summed E-state index contributed by atoms with van der Waals surface area (Å²) >= 11 is 0. The van der Waals surface area contributed by atoms with Crippen LogP contribution in [0.5, 0.6) is 0 Å². The molecule has 0 aromatic rings. The smallest absolute Gasteiger partial charge is 0.0594 e. The average molecular weight is 833 g/mol. The summed E-state index contributed by atoms with van der Waals surface area (Å²) in [5.41, 5.74) is 1.39. The summed E-state index contributed by atoms with van der Waals surface area (Å²) < 4.78 is 10.7. The van der Waals surface area contributed by atoms with Crippen molar-refractivity contribution in [1.82, 2.24) is 39.2 Å². The zero-order chi connectivity index (χ0) is 43.3. The molecule has 59 heavy (non-hydrogen) atoms. The quantitative estimate of drug-likeness (QED) is 0.300. The highest BCUT2D eigenvalue weighted by Crippen LogP contribution is 2.27. The summed E-state index contributed by atoms with van der Waals surface area (Å²) in [5, 5.41) is 0. The Balaban J connectivity index is 0.000000176. The lowest BCUT2D eigenvalue weighted by Crippen LogP contribution is -2.54. The van der Waals surface area contributed by atoms with E-state index in [0.29, 0.717) is 22.2 Å². The molecule has 7 saturated heterocycles. The fraction of sp³-hybridized carbons (Fsp3) is 1.00. The predicted octanol–water partition coefficient (Wildman–Crippen LogP) is 6.93. The predicted molar refractivity (Wildman–Crippen MR) is 252 cm³/mol. The van der Waals surface area contributed by atoms with Gasteiger partial charge < -0.3 is 19.3 Å². The molecule has 10 heteroatoms. The fourth-order valence-corrected chi connectivity index (χ4v) is 10.4. The van der Waals surface area contributed by atoms with E-state index >= 15 is 0 Å². The van der Waals surface area contributed by atoms with Crippen molar-refractivity contribution in [2.75, 3.05) is 138 Å². The Morgan fingerprint density at radius 1 is 0.305 bits per heavy atom. The minimum atomic E-state index is 0.323. The highest BCUT2D eigenvalue weighted by molar-refractivity contribution is 4.89. The summed E-state index contributed by atoms with van der Waals surface area (Å²) in [6.45, 7) is 51.3. The maximum absolute atomic E-state index is 5.41. The highest BCUT2D eigenvalue weighted by Gasteiger charge is 2.33. The lowest BCUT2D eigenvalue weighted by molar-refractivity contribution is -0.00891. The van der Waals surface area contributed by atoms with E-state index in [9.17, 15) is 0 Å². The first-order valence-corrected chi connectivity index (χ1v) is 24.8. The van der Waals surface area contributed by atoms with Crippen LogP contribution in [0.15, 0.2) is 0 Å². The standard InChI is InChI=1S/C14H29N3.C14H28N2.C13H26N2O.C8H17NO/c1-14(2,3)17-7-5-13(6-8-17)16-11-9-15(4)10-12-16;1-14(2,3)16-11-7-13(8-12-16)15-9-5-4-6-10-15;1-13(2,3)15-6-4-12(5-7-15)14-8-10-16-11-9-14;1-8(2,3)9-4-6-10-7-5-9/h13H,5-12H2,1-4H3;13H,4-12H2,1-3H3;12H,4-11H2,1-3H3;4-7H2,1-3H3. The van der Waals surface area contributed by atoms with Gasteiger partial charge in [0.25, 0.3) is 0 Å². The van der Waals surface area contributed by atoms with E-state index in [4.69, 9.17) is 9.47 Å². The van der Waals surface area contributed by atoms with E-state index < -0.39 is 0 Å². The van der Waals surface area contributed by atoms with E-state index in [0.717, 1.165) is 70.7 Å². The van der Waals surface area contributed by atoms with Gasteiger partial charge in [0, 0.05) is 132 Å². The summed E-state index contributed by atoms with van der Waals surface area (Å²) in [6.07, 6.45) is 12.5. The van der Waals surface area contributed by atoms with Crippen LogP contribution in [-0.4, -0.2) is 218 Å². The first kappa shape index (κ1) is 51.2. The van der Waals surface area contributed by atoms with E-state index in [-0.39, 0.29) is 0 Å². The van der Waals surface area contributed by atoms with E-state index in [2.05, 4.69) is 129 Å². The van der Waals surface area contributed by atoms with Crippen LogP contribution in [0.1, 0.15) is 141 Å². The minimum absolute atomic E-state index is 0.323. The lowest BCUT2D eigenvalue weighted by Gasteiger charge is -2.45. The molecule has 348 valence electrons. The van der Waals surface area contributed by atoms with Crippen LogP contribution in [0.3, 0.4) is 0 Å². The largest absolute Gasteiger partial charge is 0.379 e. The lowest BCUT2D eigenvalue weighted by atomic mass is 9.96. The molecule has 0 aromatic carbocycles. The zero-order valence-electron chi connectivity index (χ0n) is 41.6. The number of hydrogen-bond acceptors (Lipinski definition) is 10. The maximum Gasteiger partial charge on any atom is 0.0594 e. The van der Waals surface area contributed by atoms with Gasteiger partial charge in [-0.05, 0) is 155 Å². The molecular formula is C49H100N8O2. The Kier molecular flexibility index (Phi) is 20.9. The Morgan fingerprint density at radius 2 is 0.576 bits per heavy atom. The van der Waals surface area contributed by atoms with Crippen molar-refractivity contribution in [3.63, 3.8) is 0 Å². The van der Waals surface area contributed by atoms with Crippen LogP contribution < -0.4 is 0 Å². The van der Waals surface area contributed by atoms with Gasteiger partial charge in [-0.3, -0.25) is 29.4 Å². The molecule has 0 spiro atoms. The maximum atomic E-state index is 5.41. The molecule has 10 nitrogen and oxygen atoms in total. The number of hydrogen-bond donors (Lipinski definition) is 0. The molecule has 7 rings (SSSR count). The monoisotopic (exact) mass is 833 g/mol. The molecule has 0 bridgehead atoms. The van der Waals surface area contributed by atoms with Gasteiger partial charge in [-0.25, -0.2) is 0 Å². The topological polar surface area (TPSA) is 44.4 Å². The third-order valence-corrected chi connectivity index (χ3v) is 14.7. The third-order valence-electron chi connectivity index (χ3n) is 14.7. The fourth-order valence-electron chi connectivity index (χ4n) is 10.4. The molecule has 0 aliphatic carbocycles. The number of morpholine rings is 2. The van der Waals surface area contributed by atoms with Gasteiger partial charge in [0.05, 0.1) is 26.4 Å². The minimum Gasteiger partial charge on any atom is -0.379 e. The molecule has 7 fully saturated rings. The summed E-state index contributed by atoms with van der Waals surface area (Å²) in [4.78, 5) is 20.9. The van der Waals surface area contributed by atoms with Gasteiger partial charge in [-0.1, -0.05) is 6.42 Å². The second kappa shape index (κ2) is 24.0. The Morgan fingerprint density at radius 3 is 0.881 bits per heavy atom. The molecule has 0 N–H and O–H groups in total. The van der Waals surface area contributed by atoms with Crippen molar-refractivity contribution >= 4 is 0 Å². The number of nitrogens with zero attached hydrogens (tertiary/aromatic N) is 8. The van der Waals surface area contributed by atoms with Gasteiger partial charge in [0.15, 0.2) is 0 Å². The van der Waals surface area contributed by atoms with Gasteiger partial charge in [-0.15, -0.1) is 0 Å². The summed E-state index contributed by atoms with van der Waals surface area (Å²) in [7, 11) is 2.24. The summed E-state index contributed by atoms with van der Waals surface area (Å²) in [5.74, 6) is 0. The van der Waals surface area contributed by atoms with Crippen molar-refractivity contribution in [3.8, 4) is 0 Å². The number of piperazine rings is 1. The Labute approximate surface area is 367 Å². The number of ether oxygens (including phenoxy) is 2. The molecule has 7 aliphatic rings. The van der Waals surface area contributed by atoms with Gasteiger partial charge >= 0.3 is 0 Å². The third kappa shape index (κ3) is 17.9. The van der Waals surface area contributed by atoms with Crippen molar-refractivity contribution in [2.45, 2.75) is 181 Å². The number of likely N-dealkylation sites (tertiary alicyclic amines) is 4. The first-order chi connectivity index (χ1) is 27.7. The van der Waals surface area contributed by atoms with Gasteiger partial charge in [0.2, 0.25) is 0 Å².